The molecule has 14 heavy (non-hydrogen) atoms. The first-order valence-electron chi connectivity index (χ1n) is 3.76. The number of aryl methyl sites for hydroxylation is 1. The van der Waals surface area contributed by atoms with Crippen molar-refractivity contribution in [2.24, 2.45) is 0 Å². The Labute approximate surface area is 80.5 Å². The number of alkyl halides is 3. The summed E-state index contributed by atoms with van der Waals surface area (Å²) in [5.41, 5.74) is 6.18. The van der Waals surface area contributed by atoms with Gasteiger partial charge >= 0.3 is 6.18 Å². The summed E-state index contributed by atoms with van der Waals surface area (Å²) in [4.78, 5) is 0. The fraction of sp³-hybridized carbons (Fsp3) is 0.333. The van der Waals surface area contributed by atoms with Crippen molar-refractivity contribution in [3.05, 3.63) is 28.8 Å². The first-order valence-corrected chi connectivity index (χ1v) is 3.76. The highest BCUT2D eigenvalue weighted by molar-refractivity contribution is 5.52. The summed E-state index contributed by atoms with van der Waals surface area (Å²) in [6.45, 7) is 3.31. The molecule has 0 atom stereocenters. The third kappa shape index (κ3) is 2.38. The van der Waals surface area contributed by atoms with Gasteiger partial charge in [-0.05, 0) is 37.1 Å². The van der Waals surface area contributed by atoms with Crippen molar-refractivity contribution in [3.8, 4) is 0 Å². The van der Waals surface area contributed by atoms with Gasteiger partial charge in [0.05, 0.1) is 5.56 Å². The van der Waals surface area contributed by atoms with E-state index >= 15 is 0 Å². The molecule has 1 aromatic carbocycles. The van der Waals surface area contributed by atoms with Crippen molar-refractivity contribution >= 4 is 5.69 Å². The van der Waals surface area contributed by atoms with Crippen molar-refractivity contribution in [1.29, 1.82) is 0 Å². The van der Waals surface area contributed by atoms with Crippen LogP contribution in [0.3, 0.4) is 0 Å². The highest BCUT2D eigenvalue weighted by Crippen LogP contribution is 2.32. The van der Waals surface area contributed by atoms with Crippen LogP contribution in [0, 0.1) is 13.8 Å². The Hall–Kier alpha value is -1.23. The van der Waals surface area contributed by atoms with E-state index in [4.69, 9.17) is 5.73 Å². The van der Waals surface area contributed by atoms with Crippen molar-refractivity contribution in [1.82, 2.24) is 6.15 Å². The fourth-order valence-corrected chi connectivity index (χ4v) is 1.05. The minimum Gasteiger partial charge on any atom is -0.398 e. The maximum atomic E-state index is 12.2. The molecule has 0 radical (unpaired) electrons. The minimum atomic E-state index is -4.31. The molecule has 0 amide bonds. The van der Waals surface area contributed by atoms with Crippen LogP contribution in [0.25, 0.3) is 0 Å². The van der Waals surface area contributed by atoms with Gasteiger partial charge in [0.1, 0.15) is 0 Å². The molecule has 1 rings (SSSR count). The Bertz CT molecular complexity index is 308. The SMILES string of the molecule is Cc1cc(C(F)(F)F)cc(N)c1C.N. The van der Waals surface area contributed by atoms with Crippen molar-refractivity contribution in [3.63, 3.8) is 0 Å². The molecule has 2 nitrogen and oxygen atoms in total. The van der Waals surface area contributed by atoms with E-state index in [1.807, 2.05) is 0 Å². The third-order valence-electron chi connectivity index (χ3n) is 2.03. The summed E-state index contributed by atoms with van der Waals surface area (Å²) in [5.74, 6) is 0. The summed E-state index contributed by atoms with van der Waals surface area (Å²) in [6.07, 6.45) is -4.31. The highest BCUT2D eigenvalue weighted by Gasteiger charge is 2.31. The van der Waals surface area contributed by atoms with Crippen LogP contribution in [0.2, 0.25) is 0 Å². The molecule has 0 heterocycles. The molecule has 0 fully saturated rings. The van der Waals surface area contributed by atoms with Gasteiger partial charge < -0.3 is 11.9 Å². The minimum absolute atomic E-state index is 0. The number of hydrogen-bond donors (Lipinski definition) is 2. The topological polar surface area (TPSA) is 61.0 Å². The highest BCUT2D eigenvalue weighted by atomic mass is 19.4. The van der Waals surface area contributed by atoms with E-state index in [1.165, 1.54) is 0 Å². The van der Waals surface area contributed by atoms with E-state index in [2.05, 4.69) is 0 Å². The van der Waals surface area contributed by atoms with E-state index < -0.39 is 11.7 Å². The number of rotatable bonds is 0. The molecule has 0 bridgehead atoms. The Kier molecular flexibility index (Phi) is 3.53. The van der Waals surface area contributed by atoms with Crippen molar-refractivity contribution < 1.29 is 13.2 Å². The van der Waals surface area contributed by atoms with Gasteiger partial charge in [0.2, 0.25) is 0 Å². The van der Waals surface area contributed by atoms with Gasteiger partial charge in [-0.25, -0.2) is 0 Å². The third-order valence-corrected chi connectivity index (χ3v) is 2.03. The Morgan fingerprint density at radius 1 is 1.14 bits per heavy atom. The van der Waals surface area contributed by atoms with Crippen LogP contribution in [0.4, 0.5) is 18.9 Å². The normalized spacial score (nSPS) is 10.9. The lowest BCUT2D eigenvalue weighted by atomic mass is 10.0. The number of benzene rings is 1. The summed E-state index contributed by atoms with van der Waals surface area (Å²) in [7, 11) is 0. The summed E-state index contributed by atoms with van der Waals surface area (Å²) < 4.78 is 36.7. The Balaban J connectivity index is 0.00000169. The van der Waals surface area contributed by atoms with Crippen LogP contribution >= 0.6 is 0 Å². The summed E-state index contributed by atoms with van der Waals surface area (Å²) in [6, 6.07) is 2.06. The van der Waals surface area contributed by atoms with E-state index in [-0.39, 0.29) is 11.8 Å². The van der Waals surface area contributed by atoms with Crippen molar-refractivity contribution in [2.75, 3.05) is 5.73 Å². The number of nitrogen functional groups attached to an aromatic ring is 1. The molecule has 0 aromatic heterocycles. The molecule has 0 aliphatic heterocycles. The summed E-state index contributed by atoms with van der Waals surface area (Å²) in [5, 5.41) is 0. The van der Waals surface area contributed by atoms with Gasteiger partial charge in [0.15, 0.2) is 0 Å². The zero-order valence-corrected chi connectivity index (χ0v) is 8.07. The molecule has 0 saturated heterocycles. The molecular formula is C9H13F3N2. The second-order valence-electron chi connectivity index (χ2n) is 3.01. The van der Waals surface area contributed by atoms with Crippen LogP contribution in [-0.2, 0) is 6.18 Å². The lowest BCUT2D eigenvalue weighted by Gasteiger charge is -2.11. The van der Waals surface area contributed by atoms with Gasteiger partial charge in [-0.1, -0.05) is 0 Å². The second kappa shape index (κ2) is 3.88. The van der Waals surface area contributed by atoms with Crippen LogP contribution < -0.4 is 11.9 Å². The number of anilines is 1. The smallest absolute Gasteiger partial charge is 0.398 e. The number of nitrogens with two attached hydrogens (primary N) is 1. The van der Waals surface area contributed by atoms with E-state index in [1.54, 1.807) is 13.8 Å². The molecule has 0 saturated carbocycles. The lowest BCUT2D eigenvalue weighted by Crippen LogP contribution is -2.07. The Morgan fingerprint density at radius 2 is 1.64 bits per heavy atom. The largest absolute Gasteiger partial charge is 0.416 e. The standard InChI is InChI=1S/C9H10F3N.H3N/c1-5-3-7(9(10,11)12)4-8(13)6(5)2;/h3-4H,13H2,1-2H3;1H3. The maximum Gasteiger partial charge on any atom is 0.416 e. The molecule has 0 spiro atoms. The average molecular weight is 206 g/mol. The van der Waals surface area contributed by atoms with Crippen LogP contribution in [0.15, 0.2) is 12.1 Å². The molecule has 1 aromatic rings. The van der Waals surface area contributed by atoms with Gasteiger partial charge in [0, 0.05) is 5.69 Å². The average Bonchev–Trinajstić information content (AvgIpc) is 1.97. The van der Waals surface area contributed by atoms with Gasteiger partial charge in [-0.3, -0.25) is 0 Å². The van der Waals surface area contributed by atoms with Crippen LogP contribution in [0.5, 0.6) is 0 Å². The van der Waals surface area contributed by atoms with Crippen molar-refractivity contribution in [2.45, 2.75) is 20.0 Å². The number of halogens is 3. The molecule has 0 unspecified atom stereocenters. The molecule has 80 valence electrons. The van der Waals surface area contributed by atoms with E-state index in [0.717, 1.165) is 12.1 Å². The molecule has 0 aliphatic rings. The molecule has 0 aliphatic carbocycles. The predicted molar refractivity (Wildman–Crippen MR) is 50.4 cm³/mol. The van der Waals surface area contributed by atoms with Gasteiger partial charge in [-0.2, -0.15) is 13.2 Å². The van der Waals surface area contributed by atoms with Crippen LogP contribution in [-0.4, -0.2) is 0 Å². The summed E-state index contributed by atoms with van der Waals surface area (Å²) >= 11 is 0. The van der Waals surface area contributed by atoms with Gasteiger partial charge in [-0.15, -0.1) is 0 Å². The maximum absolute atomic E-state index is 12.2. The lowest BCUT2D eigenvalue weighted by molar-refractivity contribution is -0.137. The monoisotopic (exact) mass is 206 g/mol. The first-order chi connectivity index (χ1) is 5.82. The quantitative estimate of drug-likeness (QED) is 0.641. The Morgan fingerprint density at radius 3 is 2.00 bits per heavy atom. The van der Waals surface area contributed by atoms with E-state index in [9.17, 15) is 13.2 Å². The molecular weight excluding hydrogens is 193 g/mol. The van der Waals surface area contributed by atoms with E-state index in [0.29, 0.717) is 11.1 Å². The zero-order valence-electron chi connectivity index (χ0n) is 8.07. The zero-order chi connectivity index (χ0) is 10.2. The second-order valence-corrected chi connectivity index (χ2v) is 3.01. The predicted octanol–water partition coefficient (Wildman–Crippen LogP) is 3.07. The molecule has 5 heteroatoms. The molecule has 5 N–H and O–H groups in total. The first kappa shape index (κ1) is 12.8. The van der Waals surface area contributed by atoms with Crippen LogP contribution in [0.1, 0.15) is 16.7 Å². The van der Waals surface area contributed by atoms with Gasteiger partial charge in [0.25, 0.3) is 0 Å². The number of hydrogen-bond acceptors (Lipinski definition) is 2. The fourth-order valence-electron chi connectivity index (χ4n) is 1.05.